The van der Waals surface area contributed by atoms with Gasteiger partial charge in [-0.3, -0.25) is 19.2 Å². The molecule has 0 saturated carbocycles. The monoisotopic (exact) mass is 261 g/mol. The van der Waals surface area contributed by atoms with Gasteiger partial charge < -0.3 is 26.6 Å². The molecule has 1 heterocycles. The fourth-order valence-electron chi connectivity index (χ4n) is 0.915. The Kier molecular flexibility index (Phi) is 7.05. The summed E-state index contributed by atoms with van der Waals surface area (Å²) in [7, 11) is 0. The quantitative estimate of drug-likeness (QED) is 0.349. The second-order valence-electron chi connectivity index (χ2n) is 3.39. The molecule has 1 aliphatic heterocycles. The van der Waals surface area contributed by atoms with Gasteiger partial charge in [0, 0.05) is 19.5 Å². The van der Waals surface area contributed by atoms with E-state index in [2.05, 4.69) is 10.6 Å². The van der Waals surface area contributed by atoms with E-state index in [9.17, 15) is 19.2 Å². The Bertz CT molecular complexity index is 327. The van der Waals surface area contributed by atoms with Crippen LogP contribution in [-0.4, -0.2) is 53.1 Å². The van der Waals surface area contributed by atoms with Gasteiger partial charge in [0.05, 0.1) is 0 Å². The Balaban J connectivity index is 0.000000327. The third-order valence-corrected chi connectivity index (χ3v) is 1.89. The van der Waals surface area contributed by atoms with Crippen LogP contribution in [0.5, 0.6) is 0 Å². The van der Waals surface area contributed by atoms with Crippen molar-refractivity contribution in [3.8, 4) is 0 Å². The van der Waals surface area contributed by atoms with Crippen LogP contribution in [0.2, 0.25) is 0 Å². The number of rotatable bonds is 4. The number of aliphatic carboxylic acids is 2. The molecule has 0 aromatic carbocycles. The van der Waals surface area contributed by atoms with Crippen LogP contribution in [0, 0.1) is 0 Å². The third-order valence-electron chi connectivity index (χ3n) is 1.89. The lowest BCUT2D eigenvalue weighted by Crippen LogP contribution is -2.49. The van der Waals surface area contributed by atoms with Gasteiger partial charge in [0.25, 0.3) is 0 Å². The van der Waals surface area contributed by atoms with Crippen LogP contribution in [0.15, 0.2) is 0 Å². The van der Waals surface area contributed by atoms with Crippen LogP contribution in [0.3, 0.4) is 0 Å². The molecule has 0 aromatic rings. The van der Waals surface area contributed by atoms with Gasteiger partial charge in [-0.05, 0) is 6.42 Å². The van der Waals surface area contributed by atoms with E-state index in [-0.39, 0.29) is 12.8 Å². The van der Waals surface area contributed by atoms with Crippen molar-refractivity contribution in [3.63, 3.8) is 0 Å². The zero-order valence-electron chi connectivity index (χ0n) is 9.51. The number of amides is 2. The van der Waals surface area contributed by atoms with Crippen LogP contribution in [0.4, 0.5) is 0 Å². The van der Waals surface area contributed by atoms with Crippen LogP contribution in [-0.2, 0) is 19.2 Å². The zero-order valence-corrected chi connectivity index (χ0v) is 9.51. The van der Waals surface area contributed by atoms with E-state index < -0.39 is 29.8 Å². The molecule has 0 aromatic heterocycles. The van der Waals surface area contributed by atoms with Crippen molar-refractivity contribution in [2.45, 2.75) is 18.9 Å². The first-order valence-electron chi connectivity index (χ1n) is 5.10. The van der Waals surface area contributed by atoms with E-state index in [1.165, 1.54) is 0 Å². The number of nitrogens with one attached hydrogen (secondary N) is 2. The lowest BCUT2D eigenvalue weighted by Gasteiger charge is -2.10. The maximum absolute atomic E-state index is 10.3. The highest BCUT2D eigenvalue weighted by molar-refractivity contribution is 6.35. The van der Waals surface area contributed by atoms with Crippen LogP contribution < -0.4 is 16.4 Å². The molecule has 0 unspecified atom stereocenters. The summed E-state index contributed by atoms with van der Waals surface area (Å²) >= 11 is 0. The fourth-order valence-corrected chi connectivity index (χ4v) is 0.915. The number of hydrogen-bond acceptors (Lipinski definition) is 5. The molecule has 2 amide bonds. The summed E-state index contributed by atoms with van der Waals surface area (Å²) in [4.78, 5) is 40.4. The maximum atomic E-state index is 10.3. The van der Waals surface area contributed by atoms with Gasteiger partial charge in [0.2, 0.25) is 0 Å². The van der Waals surface area contributed by atoms with Crippen molar-refractivity contribution in [2.75, 3.05) is 13.1 Å². The molecule has 1 fully saturated rings. The SMILES string of the molecule is N[C@@H](CCC(=O)O)C(=O)O.O=C1NCCNC1=O. The van der Waals surface area contributed by atoms with Gasteiger partial charge in [-0.1, -0.05) is 0 Å². The summed E-state index contributed by atoms with van der Waals surface area (Å²) in [5.41, 5.74) is 5.00. The first-order valence-corrected chi connectivity index (χ1v) is 5.10. The van der Waals surface area contributed by atoms with E-state index in [0.717, 1.165) is 0 Å². The first-order chi connectivity index (χ1) is 8.34. The molecule has 6 N–H and O–H groups in total. The molecule has 1 saturated heterocycles. The number of carboxylic acid groups (broad SMARTS) is 2. The predicted molar refractivity (Wildman–Crippen MR) is 58.5 cm³/mol. The minimum atomic E-state index is -1.17. The van der Waals surface area contributed by atoms with E-state index in [1.54, 1.807) is 0 Å². The number of carboxylic acids is 2. The molecule has 1 rings (SSSR count). The van der Waals surface area contributed by atoms with E-state index in [0.29, 0.717) is 13.1 Å². The number of hydrogen-bond donors (Lipinski definition) is 5. The van der Waals surface area contributed by atoms with Crippen LogP contribution in [0.25, 0.3) is 0 Å². The molecule has 9 nitrogen and oxygen atoms in total. The van der Waals surface area contributed by atoms with Crippen molar-refractivity contribution in [1.82, 2.24) is 10.6 Å². The van der Waals surface area contributed by atoms with Crippen molar-refractivity contribution in [1.29, 1.82) is 0 Å². The van der Waals surface area contributed by atoms with E-state index in [1.807, 2.05) is 0 Å². The molecule has 0 aliphatic carbocycles. The molecule has 18 heavy (non-hydrogen) atoms. The highest BCUT2D eigenvalue weighted by Crippen LogP contribution is 1.93. The van der Waals surface area contributed by atoms with Gasteiger partial charge in [-0.2, -0.15) is 0 Å². The van der Waals surface area contributed by atoms with E-state index >= 15 is 0 Å². The number of nitrogens with two attached hydrogens (primary N) is 1. The minimum absolute atomic E-state index is 0.0231. The van der Waals surface area contributed by atoms with Crippen molar-refractivity contribution in [3.05, 3.63) is 0 Å². The summed E-state index contributed by atoms with van der Waals surface area (Å²) in [5.74, 6) is -3.26. The summed E-state index contributed by atoms with van der Waals surface area (Å²) in [6, 6.07) is -1.06. The van der Waals surface area contributed by atoms with Crippen molar-refractivity contribution < 1.29 is 29.4 Å². The maximum Gasteiger partial charge on any atom is 0.320 e. The Morgan fingerprint density at radius 2 is 1.61 bits per heavy atom. The lowest BCUT2D eigenvalue weighted by molar-refractivity contribution is -0.140. The third kappa shape index (κ3) is 7.17. The molecule has 1 aliphatic rings. The summed E-state index contributed by atoms with van der Waals surface area (Å²) in [6.45, 7) is 1.09. The van der Waals surface area contributed by atoms with Crippen molar-refractivity contribution in [2.24, 2.45) is 5.73 Å². The van der Waals surface area contributed by atoms with Gasteiger partial charge in [-0.15, -0.1) is 0 Å². The highest BCUT2D eigenvalue weighted by Gasteiger charge is 2.15. The van der Waals surface area contributed by atoms with Gasteiger partial charge >= 0.3 is 23.8 Å². The standard InChI is InChI=1S/C5H9NO4.C4H6N2O2/c6-3(5(9)10)1-2-4(7)8;7-3-4(8)6-2-1-5-3/h3H,1-2,6H2,(H,7,8)(H,9,10);1-2H2,(H,5,7)(H,6,8)/t3-;/m0./s1. The van der Waals surface area contributed by atoms with Crippen LogP contribution in [0.1, 0.15) is 12.8 Å². The molecule has 9 heteroatoms. The average molecular weight is 261 g/mol. The Morgan fingerprint density at radius 3 is 1.89 bits per heavy atom. The fraction of sp³-hybridized carbons (Fsp3) is 0.556. The van der Waals surface area contributed by atoms with Gasteiger partial charge in [0.15, 0.2) is 0 Å². The largest absolute Gasteiger partial charge is 0.481 e. The lowest BCUT2D eigenvalue weighted by atomic mass is 10.2. The average Bonchev–Trinajstić information content (AvgIpc) is 2.30. The summed E-state index contributed by atoms with van der Waals surface area (Å²) in [6.07, 6.45) is -0.224. The first kappa shape index (κ1) is 15.8. The molecule has 102 valence electrons. The van der Waals surface area contributed by atoms with Crippen LogP contribution >= 0.6 is 0 Å². The Morgan fingerprint density at radius 1 is 1.17 bits per heavy atom. The summed E-state index contributed by atoms with van der Waals surface area (Å²) < 4.78 is 0. The number of piperazine rings is 1. The molecule has 1 atom stereocenters. The minimum Gasteiger partial charge on any atom is -0.481 e. The number of carbonyl (C=O) groups is 4. The van der Waals surface area contributed by atoms with E-state index in [4.69, 9.17) is 15.9 Å². The summed E-state index contributed by atoms with van der Waals surface area (Å²) in [5, 5.41) is 21.0. The molecule has 0 radical (unpaired) electrons. The smallest absolute Gasteiger partial charge is 0.320 e. The molecule has 0 bridgehead atoms. The second kappa shape index (κ2) is 8.01. The second-order valence-corrected chi connectivity index (χ2v) is 3.39. The zero-order chi connectivity index (χ0) is 14.1. The van der Waals surface area contributed by atoms with Gasteiger partial charge in [-0.25, -0.2) is 0 Å². The van der Waals surface area contributed by atoms with Gasteiger partial charge in [0.1, 0.15) is 6.04 Å². The number of carbonyl (C=O) groups excluding carboxylic acids is 2. The molecular weight excluding hydrogens is 246 g/mol. The molecular formula is C9H15N3O6. The predicted octanol–water partition coefficient (Wildman–Crippen LogP) is -2.50. The molecule has 0 spiro atoms. The Labute approximate surface area is 102 Å². The Hall–Kier alpha value is -2.16. The highest BCUT2D eigenvalue weighted by atomic mass is 16.4. The van der Waals surface area contributed by atoms with Crippen molar-refractivity contribution >= 4 is 23.8 Å². The normalized spacial score (nSPS) is 15.6. The topological polar surface area (TPSA) is 159 Å².